The number of amides is 2. The van der Waals surface area contributed by atoms with Crippen molar-refractivity contribution in [2.24, 2.45) is 5.73 Å². The summed E-state index contributed by atoms with van der Waals surface area (Å²) in [6.07, 6.45) is 0.238. The third-order valence-electron chi connectivity index (χ3n) is 1.77. The van der Waals surface area contributed by atoms with Crippen molar-refractivity contribution in [1.82, 2.24) is 10.0 Å². The number of nitrogens with two attached hydrogens (primary N) is 1. The summed E-state index contributed by atoms with van der Waals surface area (Å²) in [4.78, 5) is 21.0. The number of carbonyl (C=O) groups excluding carboxylic acids is 2. The molecule has 0 aromatic rings. The Morgan fingerprint density at radius 1 is 1.29 bits per heavy atom. The van der Waals surface area contributed by atoms with E-state index < -0.39 is 22.0 Å². The minimum absolute atomic E-state index is 0.0525. The summed E-state index contributed by atoms with van der Waals surface area (Å²) < 4.78 is 29.3. The molecule has 100 valence electrons. The maximum atomic E-state index is 11.3. The van der Waals surface area contributed by atoms with E-state index in [1.165, 1.54) is 7.11 Å². The third-order valence-corrected chi connectivity index (χ3v) is 3.24. The zero-order valence-electron chi connectivity index (χ0n) is 9.56. The number of ether oxygens (including phenoxy) is 1. The van der Waals surface area contributed by atoms with Gasteiger partial charge < -0.3 is 15.8 Å². The van der Waals surface area contributed by atoms with Crippen molar-refractivity contribution < 1.29 is 22.7 Å². The van der Waals surface area contributed by atoms with Crippen LogP contribution < -0.4 is 15.8 Å². The van der Waals surface area contributed by atoms with Crippen LogP contribution in [0.5, 0.6) is 0 Å². The van der Waals surface area contributed by atoms with Crippen LogP contribution in [0.15, 0.2) is 0 Å². The maximum absolute atomic E-state index is 11.3. The SMILES string of the molecule is COC(=O)CCCS(=O)(=O)NCCNC(N)=O. The second-order valence-electron chi connectivity index (χ2n) is 3.18. The molecule has 0 bridgehead atoms. The van der Waals surface area contributed by atoms with E-state index in [4.69, 9.17) is 5.73 Å². The van der Waals surface area contributed by atoms with Crippen molar-refractivity contribution in [1.29, 1.82) is 0 Å². The quantitative estimate of drug-likeness (QED) is 0.365. The van der Waals surface area contributed by atoms with Gasteiger partial charge >= 0.3 is 12.0 Å². The van der Waals surface area contributed by atoms with E-state index in [1.54, 1.807) is 0 Å². The zero-order chi connectivity index (χ0) is 13.3. The molecule has 9 heteroatoms. The van der Waals surface area contributed by atoms with Crippen LogP contribution in [0.25, 0.3) is 0 Å². The number of hydrogen-bond donors (Lipinski definition) is 3. The average Bonchev–Trinajstić information content (AvgIpc) is 2.23. The van der Waals surface area contributed by atoms with Crippen molar-refractivity contribution in [3.8, 4) is 0 Å². The number of carbonyl (C=O) groups is 2. The van der Waals surface area contributed by atoms with Gasteiger partial charge in [-0.2, -0.15) is 0 Å². The first-order valence-corrected chi connectivity index (χ1v) is 6.60. The minimum atomic E-state index is -3.43. The molecule has 8 nitrogen and oxygen atoms in total. The molecule has 17 heavy (non-hydrogen) atoms. The Morgan fingerprint density at radius 3 is 2.47 bits per heavy atom. The fourth-order valence-corrected chi connectivity index (χ4v) is 2.05. The Hall–Kier alpha value is -1.35. The Balaban J connectivity index is 3.73. The van der Waals surface area contributed by atoms with E-state index in [-0.39, 0.29) is 31.7 Å². The highest BCUT2D eigenvalue weighted by atomic mass is 32.2. The van der Waals surface area contributed by atoms with Crippen LogP contribution in [-0.4, -0.2) is 46.4 Å². The van der Waals surface area contributed by atoms with Gasteiger partial charge in [0.05, 0.1) is 12.9 Å². The molecule has 0 atom stereocenters. The zero-order valence-corrected chi connectivity index (χ0v) is 10.4. The predicted octanol–water partition coefficient (Wildman–Crippen LogP) is -1.47. The normalized spacial score (nSPS) is 10.9. The lowest BCUT2D eigenvalue weighted by Crippen LogP contribution is -2.37. The van der Waals surface area contributed by atoms with Crippen molar-refractivity contribution in [2.75, 3.05) is 26.0 Å². The van der Waals surface area contributed by atoms with Gasteiger partial charge in [-0.05, 0) is 6.42 Å². The molecule has 0 aliphatic heterocycles. The number of methoxy groups -OCH3 is 1. The summed E-state index contributed by atoms with van der Waals surface area (Å²) in [7, 11) is -2.19. The van der Waals surface area contributed by atoms with Crippen LogP contribution in [0.2, 0.25) is 0 Å². The molecule has 0 aromatic carbocycles. The van der Waals surface area contributed by atoms with Crippen LogP contribution in [0.1, 0.15) is 12.8 Å². The van der Waals surface area contributed by atoms with Gasteiger partial charge in [0, 0.05) is 19.5 Å². The number of rotatable bonds is 8. The van der Waals surface area contributed by atoms with E-state index in [0.29, 0.717) is 0 Å². The largest absolute Gasteiger partial charge is 0.469 e. The number of hydrogen-bond acceptors (Lipinski definition) is 5. The van der Waals surface area contributed by atoms with Crippen LogP contribution in [0.3, 0.4) is 0 Å². The highest BCUT2D eigenvalue weighted by molar-refractivity contribution is 7.89. The summed E-state index contributed by atoms with van der Waals surface area (Å²) in [6, 6.07) is -0.713. The molecule has 0 aliphatic carbocycles. The first-order valence-electron chi connectivity index (χ1n) is 4.95. The second-order valence-corrected chi connectivity index (χ2v) is 5.11. The first kappa shape index (κ1) is 15.7. The van der Waals surface area contributed by atoms with Gasteiger partial charge in [0.1, 0.15) is 0 Å². The summed E-state index contributed by atoms with van der Waals surface area (Å²) >= 11 is 0. The molecule has 0 aliphatic rings. The lowest BCUT2D eigenvalue weighted by atomic mass is 10.3. The van der Waals surface area contributed by atoms with Gasteiger partial charge in [0.15, 0.2) is 0 Å². The number of esters is 1. The van der Waals surface area contributed by atoms with Crippen LogP contribution in [0, 0.1) is 0 Å². The fraction of sp³-hybridized carbons (Fsp3) is 0.750. The maximum Gasteiger partial charge on any atom is 0.312 e. The van der Waals surface area contributed by atoms with E-state index >= 15 is 0 Å². The highest BCUT2D eigenvalue weighted by Gasteiger charge is 2.10. The standard InChI is InChI=1S/C8H17N3O5S/c1-16-7(12)3-2-6-17(14,15)11-5-4-10-8(9)13/h11H,2-6H2,1H3,(H3,9,10,13). The first-order chi connectivity index (χ1) is 7.87. The molecule has 0 saturated carbocycles. The minimum Gasteiger partial charge on any atom is -0.469 e. The second kappa shape index (κ2) is 7.85. The molecule has 0 radical (unpaired) electrons. The topological polar surface area (TPSA) is 128 Å². The predicted molar refractivity (Wildman–Crippen MR) is 60.6 cm³/mol. The molecule has 0 aromatic heterocycles. The van der Waals surface area contributed by atoms with Crippen molar-refractivity contribution in [3.63, 3.8) is 0 Å². The highest BCUT2D eigenvalue weighted by Crippen LogP contribution is 1.95. The van der Waals surface area contributed by atoms with E-state index in [0.717, 1.165) is 0 Å². The fourth-order valence-electron chi connectivity index (χ4n) is 0.973. The molecule has 0 fully saturated rings. The molecule has 0 heterocycles. The number of sulfonamides is 1. The molecule has 0 rings (SSSR count). The molecule has 0 saturated heterocycles. The van der Waals surface area contributed by atoms with Gasteiger partial charge in [-0.1, -0.05) is 0 Å². The number of primary amides is 1. The number of urea groups is 1. The molecule has 0 unspecified atom stereocenters. The van der Waals surface area contributed by atoms with Gasteiger partial charge in [-0.3, -0.25) is 4.79 Å². The van der Waals surface area contributed by atoms with Crippen LogP contribution >= 0.6 is 0 Å². The Kier molecular flexibility index (Phi) is 7.22. The molecule has 0 spiro atoms. The Labute approximate surface area is 99.9 Å². The van der Waals surface area contributed by atoms with Gasteiger partial charge in [0.2, 0.25) is 10.0 Å². The van der Waals surface area contributed by atoms with Gasteiger partial charge in [-0.15, -0.1) is 0 Å². The van der Waals surface area contributed by atoms with Crippen LogP contribution in [-0.2, 0) is 19.6 Å². The Bertz CT molecular complexity index is 354. The summed E-state index contributed by atoms with van der Waals surface area (Å²) in [6.45, 7) is 0.176. The van der Waals surface area contributed by atoms with Crippen molar-refractivity contribution in [3.05, 3.63) is 0 Å². The molecule has 2 amide bonds. The van der Waals surface area contributed by atoms with Gasteiger partial charge in [-0.25, -0.2) is 17.9 Å². The number of nitrogens with one attached hydrogen (secondary N) is 2. The summed E-state index contributed by atoms with van der Waals surface area (Å²) in [5, 5.41) is 2.24. The van der Waals surface area contributed by atoms with Gasteiger partial charge in [0.25, 0.3) is 0 Å². The lowest BCUT2D eigenvalue weighted by molar-refractivity contribution is -0.140. The summed E-state index contributed by atoms with van der Waals surface area (Å²) in [5.74, 6) is -0.617. The van der Waals surface area contributed by atoms with E-state index in [2.05, 4.69) is 14.8 Å². The Morgan fingerprint density at radius 2 is 1.94 bits per heavy atom. The third kappa shape index (κ3) is 9.57. The molecular formula is C8H17N3O5S. The smallest absolute Gasteiger partial charge is 0.312 e. The lowest BCUT2D eigenvalue weighted by Gasteiger charge is -2.06. The van der Waals surface area contributed by atoms with E-state index in [9.17, 15) is 18.0 Å². The molecule has 4 N–H and O–H groups in total. The molecular weight excluding hydrogens is 250 g/mol. The van der Waals surface area contributed by atoms with Crippen molar-refractivity contribution >= 4 is 22.0 Å². The van der Waals surface area contributed by atoms with Crippen molar-refractivity contribution in [2.45, 2.75) is 12.8 Å². The average molecular weight is 267 g/mol. The van der Waals surface area contributed by atoms with Crippen LogP contribution in [0.4, 0.5) is 4.79 Å². The van der Waals surface area contributed by atoms with E-state index in [1.807, 2.05) is 0 Å². The monoisotopic (exact) mass is 267 g/mol. The summed E-state index contributed by atoms with van der Waals surface area (Å²) in [5.41, 5.74) is 4.79.